The summed E-state index contributed by atoms with van der Waals surface area (Å²) in [5.41, 5.74) is 5.95. The van der Waals surface area contributed by atoms with Crippen LogP contribution in [0.4, 0.5) is 0 Å². The molecule has 0 radical (unpaired) electrons. The van der Waals surface area contributed by atoms with Gasteiger partial charge in [-0.3, -0.25) is 0 Å². The predicted molar refractivity (Wildman–Crippen MR) is 115 cm³/mol. The van der Waals surface area contributed by atoms with Gasteiger partial charge in [-0.15, -0.1) is 0 Å². The van der Waals surface area contributed by atoms with Gasteiger partial charge >= 0.3 is 0 Å². The monoisotopic (exact) mass is 362 g/mol. The fraction of sp³-hybridized carbons (Fsp3) is 0.0385. The molecule has 0 N–H and O–H groups in total. The highest BCUT2D eigenvalue weighted by molar-refractivity contribution is 6.07. The third-order valence-electron chi connectivity index (χ3n) is 5.22. The van der Waals surface area contributed by atoms with Crippen molar-refractivity contribution in [1.82, 2.24) is 0 Å². The van der Waals surface area contributed by atoms with E-state index in [9.17, 15) is 0 Å². The summed E-state index contributed by atoms with van der Waals surface area (Å²) in [7, 11) is 1.72. The maximum absolute atomic E-state index is 5.56. The third-order valence-corrected chi connectivity index (χ3v) is 5.22. The minimum Gasteiger partial charge on any atom is -0.497 e. The van der Waals surface area contributed by atoms with Crippen LogP contribution in [-0.2, 0) is 0 Å². The van der Waals surface area contributed by atoms with E-state index in [0.29, 0.717) is 0 Å². The summed E-state index contributed by atoms with van der Waals surface area (Å²) in [6.45, 7) is 0. The van der Waals surface area contributed by atoms with E-state index in [0.717, 1.165) is 5.75 Å². The smallest absolute Gasteiger partial charge is 0.226 e. The summed E-state index contributed by atoms with van der Waals surface area (Å²) in [4.78, 5) is 0. The Hall–Kier alpha value is -3.65. The zero-order chi connectivity index (χ0) is 18.9. The van der Waals surface area contributed by atoms with Crippen LogP contribution in [0, 0.1) is 0 Å². The van der Waals surface area contributed by atoms with E-state index < -0.39 is 0 Å². The summed E-state index contributed by atoms with van der Waals surface area (Å²) in [5, 5.41) is 2.40. The molecule has 2 heteroatoms. The Morgan fingerprint density at radius 3 is 2.04 bits per heavy atom. The molecule has 28 heavy (non-hydrogen) atoms. The molecule has 0 aliphatic heterocycles. The largest absolute Gasteiger partial charge is 0.497 e. The molecule has 0 aliphatic carbocycles. The van der Waals surface area contributed by atoms with E-state index in [1.807, 2.05) is 6.07 Å². The van der Waals surface area contributed by atoms with E-state index in [2.05, 4.69) is 102 Å². The first-order chi connectivity index (χ1) is 13.9. The van der Waals surface area contributed by atoms with Crippen molar-refractivity contribution in [3.05, 3.63) is 103 Å². The standard InChI is InChI=1S/C26H20NO/c1-28-21-15-16-22-23(18-21)25(19-10-4-2-5-11-19)26(20-12-6-3-7-13-20)27-17-9-8-14-24(22)27/h2-18H,1H3/q+1. The second-order valence-corrected chi connectivity index (χ2v) is 6.82. The van der Waals surface area contributed by atoms with E-state index in [4.69, 9.17) is 4.74 Å². The van der Waals surface area contributed by atoms with Gasteiger partial charge in [-0.2, -0.15) is 4.40 Å². The van der Waals surface area contributed by atoms with Crippen molar-refractivity contribution in [2.75, 3.05) is 7.11 Å². The molecule has 2 heterocycles. The molecule has 0 saturated carbocycles. The van der Waals surface area contributed by atoms with Crippen LogP contribution in [-0.4, -0.2) is 7.11 Å². The van der Waals surface area contributed by atoms with Crippen LogP contribution in [0.1, 0.15) is 0 Å². The minimum atomic E-state index is 0.865. The molecule has 0 saturated heterocycles. The number of hydrogen-bond acceptors (Lipinski definition) is 1. The Kier molecular flexibility index (Phi) is 4.02. The number of pyridine rings is 2. The Morgan fingerprint density at radius 1 is 0.643 bits per heavy atom. The number of benzene rings is 3. The number of ether oxygens (including phenoxy) is 1. The zero-order valence-electron chi connectivity index (χ0n) is 15.7. The van der Waals surface area contributed by atoms with Gasteiger partial charge in [0.2, 0.25) is 11.2 Å². The van der Waals surface area contributed by atoms with Gasteiger partial charge in [-0.25, -0.2) is 0 Å². The molecule has 0 bridgehead atoms. The predicted octanol–water partition coefficient (Wildman–Crippen LogP) is 5.92. The fourth-order valence-corrected chi connectivity index (χ4v) is 3.96. The zero-order valence-corrected chi connectivity index (χ0v) is 15.7. The molecule has 0 amide bonds. The SMILES string of the molecule is COc1ccc2c(c1)c(-c1ccccc1)c(-c1ccccc1)[n+]1ccccc21. The highest BCUT2D eigenvalue weighted by Crippen LogP contribution is 2.38. The fourth-order valence-electron chi connectivity index (χ4n) is 3.96. The van der Waals surface area contributed by atoms with E-state index in [-0.39, 0.29) is 0 Å². The quantitative estimate of drug-likeness (QED) is 0.287. The number of nitrogens with zero attached hydrogens (tertiary/aromatic N) is 1. The lowest BCUT2D eigenvalue weighted by atomic mass is 9.92. The molecule has 2 nitrogen and oxygen atoms in total. The van der Waals surface area contributed by atoms with Gasteiger partial charge < -0.3 is 4.74 Å². The number of methoxy groups -OCH3 is 1. The third kappa shape index (κ3) is 2.62. The van der Waals surface area contributed by atoms with Crippen molar-refractivity contribution in [3.63, 3.8) is 0 Å². The molecule has 0 spiro atoms. The van der Waals surface area contributed by atoms with Crippen molar-refractivity contribution >= 4 is 16.3 Å². The first-order valence-corrected chi connectivity index (χ1v) is 9.42. The number of hydrogen-bond donors (Lipinski definition) is 0. The van der Waals surface area contributed by atoms with Crippen LogP contribution in [0.3, 0.4) is 0 Å². The molecule has 3 aromatic carbocycles. The number of aromatic nitrogens is 1. The summed E-state index contributed by atoms with van der Waals surface area (Å²) in [6, 6.07) is 33.9. The maximum Gasteiger partial charge on any atom is 0.226 e. The van der Waals surface area contributed by atoms with Gasteiger partial charge in [0.15, 0.2) is 6.20 Å². The molecule has 0 unspecified atom stereocenters. The van der Waals surface area contributed by atoms with Gasteiger partial charge in [0.05, 0.1) is 18.1 Å². The Labute approximate surface area is 164 Å². The van der Waals surface area contributed by atoms with Crippen molar-refractivity contribution < 1.29 is 9.14 Å². The molecule has 0 atom stereocenters. The second-order valence-electron chi connectivity index (χ2n) is 6.82. The minimum absolute atomic E-state index is 0.865. The van der Waals surface area contributed by atoms with Gasteiger partial charge in [0, 0.05) is 23.1 Å². The van der Waals surface area contributed by atoms with Gasteiger partial charge in [0.25, 0.3) is 0 Å². The Bertz CT molecular complexity index is 1280. The van der Waals surface area contributed by atoms with Crippen molar-refractivity contribution in [2.24, 2.45) is 0 Å². The lowest BCUT2D eigenvalue weighted by molar-refractivity contribution is -0.497. The molecule has 0 fully saturated rings. The average Bonchev–Trinajstić information content (AvgIpc) is 2.79. The lowest BCUT2D eigenvalue weighted by Crippen LogP contribution is -2.25. The van der Waals surface area contributed by atoms with E-state index in [1.165, 1.54) is 38.7 Å². The number of fused-ring (bicyclic) bond motifs is 3. The molecule has 5 aromatic rings. The molecule has 0 aliphatic rings. The molecule has 134 valence electrons. The molecule has 2 aromatic heterocycles. The molecular formula is C26H20NO+. The van der Waals surface area contributed by atoms with E-state index in [1.54, 1.807) is 7.11 Å². The first kappa shape index (κ1) is 16.5. The van der Waals surface area contributed by atoms with Crippen LogP contribution in [0.2, 0.25) is 0 Å². The van der Waals surface area contributed by atoms with Crippen LogP contribution in [0.5, 0.6) is 5.75 Å². The molecular weight excluding hydrogens is 342 g/mol. The van der Waals surface area contributed by atoms with Crippen LogP contribution >= 0.6 is 0 Å². The maximum atomic E-state index is 5.56. The van der Waals surface area contributed by atoms with Crippen molar-refractivity contribution in [1.29, 1.82) is 0 Å². The molecule has 5 rings (SSSR count). The normalized spacial score (nSPS) is 11.0. The van der Waals surface area contributed by atoms with Gasteiger partial charge in [-0.1, -0.05) is 48.5 Å². The van der Waals surface area contributed by atoms with Crippen LogP contribution in [0.25, 0.3) is 38.7 Å². The van der Waals surface area contributed by atoms with Crippen LogP contribution < -0.4 is 9.14 Å². The van der Waals surface area contributed by atoms with Crippen molar-refractivity contribution in [3.8, 4) is 28.1 Å². The summed E-state index contributed by atoms with van der Waals surface area (Å²) in [5.74, 6) is 0.865. The highest BCUT2D eigenvalue weighted by atomic mass is 16.5. The summed E-state index contributed by atoms with van der Waals surface area (Å²) < 4.78 is 7.86. The summed E-state index contributed by atoms with van der Waals surface area (Å²) >= 11 is 0. The number of rotatable bonds is 3. The van der Waals surface area contributed by atoms with Crippen molar-refractivity contribution in [2.45, 2.75) is 0 Å². The van der Waals surface area contributed by atoms with Crippen LogP contribution in [0.15, 0.2) is 103 Å². The Balaban J connectivity index is 2.05. The lowest BCUT2D eigenvalue weighted by Gasteiger charge is -2.13. The van der Waals surface area contributed by atoms with Gasteiger partial charge in [0.1, 0.15) is 5.75 Å². The topological polar surface area (TPSA) is 13.3 Å². The highest BCUT2D eigenvalue weighted by Gasteiger charge is 2.24. The average molecular weight is 362 g/mol. The Morgan fingerprint density at radius 2 is 1.32 bits per heavy atom. The second kappa shape index (κ2) is 6.82. The first-order valence-electron chi connectivity index (χ1n) is 9.42. The summed E-state index contributed by atoms with van der Waals surface area (Å²) in [6.07, 6.45) is 2.15. The van der Waals surface area contributed by atoms with Gasteiger partial charge in [-0.05, 0) is 42.0 Å². The van der Waals surface area contributed by atoms with E-state index >= 15 is 0 Å².